The van der Waals surface area contributed by atoms with E-state index in [0.717, 1.165) is 18.6 Å². The van der Waals surface area contributed by atoms with E-state index in [1.807, 2.05) is 19.2 Å². The lowest BCUT2D eigenvalue weighted by atomic mass is 9.94. The number of halogens is 1. The highest BCUT2D eigenvalue weighted by Gasteiger charge is 2.49. The van der Waals surface area contributed by atoms with Crippen LogP contribution >= 0.6 is 11.6 Å². The lowest BCUT2D eigenvalue weighted by molar-refractivity contribution is 0.433. The number of nitrogens with zero attached hydrogens (tertiary/aromatic N) is 1. The normalized spacial score (nSPS) is 18.9. The van der Waals surface area contributed by atoms with Crippen LogP contribution in [0.1, 0.15) is 42.4 Å². The minimum atomic E-state index is -0.171. The number of hydrogen-bond donors (Lipinski definition) is 0. The summed E-state index contributed by atoms with van der Waals surface area (Å²) in [5.74, 6) is 1.56. The minimum Gasteiger partial charge on any atom is -0.443 e. The molecule has 1 aromatic carbocycles. The lowest BCUT2D eigenvalue weighted by Crippen LogP contribution is -2.06. The maximum Gasteiger partial charge on any atom is 0.212 e. The number of hydrogen-bond acceptors (Lipinski definition) is 2. The first-order chi connectivity index (χ1) is 8.22. The molecule has 3 rings (SSSR count). The number of benzene rings is 1. The van der Waals surface area contributed by atoms with Gasteiger partial charge in [0.15, 0.2) is 0 Å². The smallest absolute Gasteiger partial charge is 0.212 e. The lowest BCUT2D eigenvalue weighted by Gasteiger charge is -2.11. The summed E-state index contributed by atoms with van der Waals surface area (Å²) in [4.78, 5) is 4.25. The molecular formula is C14H14ClNO. The first-order valence-electron chi connectivity index (χ1n) is 5.88. The van der Waals surface area contributed by atoms with Crippen LogP contribution in [0, 0.1) is 0 Å². The summed E-state index contributed by atoms with van der Waals surface area (Å²) in [6.45, 7) is 1.87. The molecule has 0 bridgehead atoms. The zero-order valence-electron chi connectivity index (χ0n) is 9.69. The van der Waals surface area contributed by atoms with Crippen molar-refractivity contribution in [3.63, 3.8) is 0 Å². The monoisotopic (exact) mass is 247 g/mol. The second kappa shape index (κ2) is 3.88. The van der Waals surface area contributed by atoms with Gasteiger partial charge in [0, 0.05) is 0 Å². The number of alkyl halides is 1. The third-order valence-corrected chi connectivity index (χ3v) is 3.60. The van der Waals surface area contributed by atoms with Crippen molar-refractivity contribution in [1.82, 2.24) is 4.98 Å². The first kappa shape index (κ1) is 10.8. The summed E-state index contributed by atoms with van der Waals surface area (Å²) in [6.07, 6.45) is 4.08. The Morgan fingerprint density at radius 2 is 2.00 bits per heavy atom. The molecule has 1 saturated carbocycles. The molecule has 1 unspecified atom stereocenters. The quantitative estimate of drug-likeness (QED) is 0.765. The van der Waals surface area contributed by atoms with Crippen LogP contribution in [-0.4, -0.2) is 4.98 Å². The van der Waals surface area contributed by atoms with Gasteiger partial charge in [-0.2, -0.15) is 0 Å². The fourth-order valence-electron chi connectivity index (χ4n) is 2.25. The van der Waals surface area contributed by atoms with Crippen molar-refractivity contribution < 1.29 is 4.42 Å². The van der Waals surface area contributed by atoms with E-state index in [0.29, 0.717) is 5.89 Å². The van der Waals surface area contributed by atoms with Crippen LogP contribution in [0.2, 0.25) is 0 Å². The number of rotatable bonds is 3. The highest BCUT2D eigenvalue weighted by atomic mass is 35.5. The summed E-state index contributed by atoms with van der Waals surface area (Å²) >= 11 is 5.98. The predicted octanol–water partition coefficient (Wildman–Crippen LogP) is 4.05. The van der Waals surface area contributed by atoms with Gasteiger partial charge in [-0.3, -0.25) is 0 Å². The van der Waals surface area contributed by atoms with E-state index in [2.05, 4.69) is 29.2 Å². The van der Waals surface area contributed by atoms with Crippen LogP contribution < -0.4 is 0 Å². The molecule has 2 nitrogen and oxygen atoms in total. The van der Waals surface area contributed by atoms with Gasteiger partial charge in [0.2, 0.25) is 5.89 Å². The van der Waals surface area contributed by atoms with E-state index < -0.39 is 0 Å². The molecule has 3 heteroatoms. The van der Waals surface area contributed by atoms with Crippen molar-refractivity contribution in [1.29, 1.82) is 0 Å². The second-order valence-corrected chi connectivity index (χ2v) is 5.28. The van der Waals surface area contributed by atoms with Gasteiger partial charge in [0.05, 0.1) is 11.6 Å². The van der Waals surface area contributed by atoms with Gasteiger partial charge >= 0.3 is 0 Å². The molecule has 88 valence electrons. The molecule has 0 saturated heterocycles. The minimum absolute atomic E-state index is 0.0539. The Morgan fingerprint density at radius 1 is 1.29 bits per heavy atom. The average molecular weight is 248 g/mol. The maximum atomic E-state index is 5.98. The molecule has 1 aliphatic carbocycles. The van der Waals surface area contributed by atoms with Gasteiger partial charge in [-0.15, -0.1) is 11.6 Å². The van der Waals surface area contributed by atoms with Crippen molar-refractivity contribution in [2.24, 2.45) is 0 Å². The Bertz CT molecular complexity index is 514. The van der Waals surface area contributed by atoms with Crippen molar-refractivity contribution in [3.05, 3.63) is 53.7 Å². The Balaban J connectivity index is 1.98. The fourth-order valence-corrected chi connectivity index (χ4v) is 2.35. The Hall–Kier alpha value is -1.28. The summed E-state index contributed by atoms with van der Waals surface area (Å²) in [5, 5.41) is -0.171. The third kappa shape index (κ3) is 1.77. The van der Waals surface area contributed by atoms with Crippen molar-refractivity contribution in [3.8, 4) is 0 Å². The molecule has 2 aromatic rings. The molecular weight excluding hydrogens is 234 g/mol. The van der Waals surface area contributed by atoms with Crippen molar-refractivity contribution >= 4 is 11.6 Å². The molecule has 0 aliphatic heterocycles. The Morgan fingerprint density at radius 3 is 2.53 bits per heavy atom. The van der Waals surface area contributed by atoms with Gasteiger partial charge < -0.3 is 4.42 Å². The largest absolute Gasteiger partial charge is 0.443 e. The molecule has 1 aliphatic rings. The third-order valence-electron chi connectivity index (χ3n) is 3.41. The van der Waals surface area contributed by atoms with Gasteiger partial charge in [-0.1, -0.05) is 30.3 Å². The molecule has 17 heavy (non-hydrogen) atoms. The highest BCUT2D eigenvalue weighted by molar-refractivity contribution is 6.20. The topological polar surface area (TPSA) is 26.0 Å². The van der Waals surface area contributed by atoms with Crippen LogP contribution in [0.15, 0.2) is 40.9 Å². The summed E-state index contributed by atoms with van der Waals surface area (Å²) < 4.78 is 5.78. The Kier molecular flexibility index (Phi) is 2.48. The van der Waals surface area contributed by atoms with Crippen LogP contribution in [-0.2, 0) is 5.41 Å². The molecule has 0 spiro atoms. The number of oxazole rings is 1. The standard InChI is InChI=1S/C14H14ClNO/c1-10(15)13-16-9-12(17-13)14(7-8-14)11-5-3-2-4-6-11/h2-6,9-10H,7-8H2,1H3. The van der Waals surface area contributed by atoms with E-state index >= 15 is 0 Å². The van der Waals surface area contributed by atoms with Gasteiger partial charge in [-0.25, -0.2) is 4.98 Å². The zero-order valence-corrected chi connectivity index (χ0v) is 10.4. The van der Waals surface area contributed by atoms with E-state index in [1.54, 1.807) is 0 Å². The molecule has 0 N–H and O–H groups in total. The average Bonchev–Trinajstić information content (AvgIpc) is 3.00. The maximum absolute atomic E-state index is 5.98. The SMILES string of the molecule is CC(Cl)c1ncc(C2(c3ccccc3)CC2)o1. The second-order valence-electron chi connectivity index (χ2n) is 4.63. The molecule has 0 radical (unpaired) electrons. The predicted molar refractivity (Wildman–Crippen MR) is 67.2 cm³/mol. The van der Waals surface area contributed by atoms with Crippen LogP contribution in [0.3, 0.4) is 0 Å². The molecule has 0 amide bonds. The summed E-state index contributed by atoms with van der Waals surface area (Å²) in [6, 6.07) is 10.5. The van der Waals surface area contributed by atoms with Crippen molar-refractivity contribution in [2.45, 2.75) is 30.6 Å². The van der Waals surface area contributed by atoms with Crippen LogP contribution in [0.25, 0.3) is 0 Å². The summed E-state index contributed by atoms with van der Waals surface area (Å²) in [5.41, 5.74) is 1.36. The molecule has 1 heterocycles. The van der Waals surface area contributed by atoms with Crippen molar-refractivity contribution in [2.75, 3.05) is 0 Å². The van der Waals surface area contributed by atoms with Crippen LogP contribution in [0.5, 0.6) is 0 Å². The van der Waals surface area contributed by atoms with E-state index in [4.69, 9.17) is 16.0 Å². The Labute approximate surface area is 106 Å². The van der Waals surface area contributed by atoms with Gasteiger partial charge in [0.25, 0.3) is 0 Å². The molecule has 1 atom stereocenters. The van der Waals surface area contributed by atoms with E-state index in [1.165, 1.54) is 5.56 Å². The first-order valence-corrected chi connectivity index (χ1v) is 6.32. The summed E-state index contributed by atoms with van der Waals surface area (Å²) in [7, 11) is 0. The van der Waals surface area contributed by atoms with Gasteiger partial charge in [0.1, 0.15) is 11.1 Å². The highest BCUT2D eigenvalue weighted by Crippen LogP contribution is 2.53. The molecule has 1 fully saturated rings. The number of aromatic nitrogens is 1. The van der Waals surface area contributed by atoms with E-state index in [9.17, 15) is 0 Å². The molecule has 1 aromatic heterocycles. The van der Waals surface area contributed by atoms with E-state index in [-0.39, 0.29) is 10.8 Å². The van der Waals surface area contributed by atoms with Gasteiger partial charge in [-0.05, 0) is 25.3 Å². The fraction of sp³-hybridized carbons (Fsp3) is 0.357. The van der Waals surface area contributed by atoms with Crippen LogP contribution in [0.4, 0.5) is 0 Å². The zero-order chi connectivity index (χ0) is 11.9.